The minimum atomic E-state index is 1.04. The van der Waals surface area contributed by atoms with Gasteiger partial charge in [-0.2, -0.15) is 0 Å². The van der Waals surface area contributed by atoms with Gasteiger partial charge in [0.25, 0.3) is 0 Å². The maximum absolute atomic E-state index is 3.88. The first-order chi connectivity index (χ1) is 7.79. The smallest absolute Gasteiger partial charge is 0.0245 e. The van der Waals surface area contributed by atoms with E-state index < -0.39 is 0 Å². The Balaban J connectivity index is 2.33. The Hall–Kier alpha value is -2.00. The monoisotopic (exact) mass is 205 g/mol. The van der Waals surface area contributed by atoms with E-state index >= 15 is 0 Å². The van der Waals surface area contributed by atoms with Gasteiger partial charge in [0.2, 0.25) is 0 Å². The summed E-state index contributed by atoms with van der Waals surface area (Å²) in [5.74, 6) is 5.93. The van der Waals surface area contributed by atoms with E-state index in [2.05, 4.69) is 43.0 Å². The normalized spacial score (nSPS) is 9.38. The summed E-state index contributed by atoms with van der Waals surface area (Å²) in [5, 5.41) is 0. The molecule has 0 aromatic heterocycles. The largest absolute Gasteiger partial charge is 0.101 e. The average molecular weight is 205 g/mol. The van der Waals surface area contributed by atoms with E-state index in [4.69, 9.17) is 0 Å². The number of hydrogen-bond donors (Lipinski definition) is 0. The Morgan fingerprint density at radius 1 is 0.812 bits per heavy atom. The molecular formula is C16H13. The molecule has 0 aliphatic rings. The molecule has 0 fully saturated rings. The standard InChI is InChI=1S/C16H13/c1-3-4-14-7-11-16(12-8-14)15-9-5-13(2)6-10-15/h5-12H,2H2,1H3. The third kappa shape index (κ3) is 2.32. The predicted octanol–water partition coefficient (Wildman–Crippen LogP) is 3.91. The minimum absolute atomic E-state index is 1.04. The van der Waals surface area contributed by atoms with E-state index in [1.807, 2.05) is 31.2 Å². The van der Waals surface area contributed by atoms with Crippen molar-refractivity contribution in [2.45, 2.75) is 6.92 Å². The van der Waals surface area contributed by atoms with E-state index in [-0.39, 0.29) is 0 Å². The Bertz CT molecular complexity index is 519. The zero-order valence-electron chi connectivity index (χ0n) is 9.33. The number of hydrogen-bond acceptors (Lipinski definition) is 0. The molecule has 0 atom stereocenters. The molecule has 2 aromatic rings. The first kappa shape index (κ1) is 10.5. The van der Waals surface area contributed by atoms with Crippen molar-refractivity contribution >= 4 is 0 Å². The molecule has 0 spiro atoms. The lowest BCUT2D eigenvalue weighted by Crippen LogP contribution is -1.79. The highest BCUT2D eigenvalue weighted by Crippen LogP contribution is 2.19. The molecule has 0 saturated heterocycles. The van der Waals surface area contributed by atoms with Crippen molar-refractivity contribution in [3.63, 3.8) is 0 Å². The van der Waals surface area contributed by atoms with Crippen LogP contribution in [0.4, 0.5) is 0 Å². The molecule has 2 rings (SSSR count). The molecule has 0 saturated carbocycles. The summed E-state index contributed by atoms with van der Waals surface area (Å²) in [7, 11) is 0. The van der Waals surface area contributed by atoms with Crippen molar-refractivity contribution in [1.82, 2.24) is 0 Å². The van der Waals surface area contributed by atoms with Gasteiger partial charge in [-0.3, -0.25) is 0 Å². The Morgan fingerprint density at radius 3 is 1.81 bits per heavy atom. The van der Waals surface area contributed by atoms with E-state index in [9.17, 15) is 0 Å². The summed E-state index contributed by atoms with van der Waals surface area (Å²) in [6.45, 7) is 5.72. The minimum Gasteiger partial charge on any atom is -0.101 e. The molecule has 0 amide bonds. The van der Waals surface area contributed by atoms with Crippen LogP contribution in [0, 0.1) is 18.8 Å². The lowest BCUT2D eigenvalue weighted by atomic mass is 10.0. The van der Waals surface area contributed by atoms with Crippen LogP contribution in [-0.4, -0.2) is 0 Å². The molecule has 0 heteroatoms. The maximum Gasteiger partial charge on any atom is 0.0245 e. The number of benzene rings is 2. The van der Waals surface area contributed by atoms with Crippen LogP contribution >= 0.6 is 0 Å². The second kappa shape index (κ2) is 4.68. The zero-order chi connectivity index (χ0) is 11.4. The lowest BCUT2D eigenvalue weighted by molar-refractivity contribution is 1.56. The van der Waals surface area contributed by atoms with Gasteiger partial charge < -0.3 is 0 Å². The van der Waals surface area contributed by atoms with Crippen molar-refractivity contribution in [1.29, 1.82) is 0 Å². The third-order valence-corrected chi connectivity index (χ3v) is 2.44. The van der Waals surface area contributed by atoms with Gasteiger partial charge in [-0.1, -0.05) is 42.3 Å². The van der Waals surface area contributed by atoms with Crippen molar-refractivity contribution in [3.8, 4) is 23.0 Å². The molecule has 0 N–H and O–H groups in total. The summed E-state index contributed by atoms with van der Waals surface area (Å²) in [6, 6.07) is 16.5. The second-order valence-corrected chi connectivity index (χ2v) is 3.65. The van der Waals surface area contributed by atoms with Gasteiger partial charge in [0.15, 0.2) is 0 Å². The molecule has 0 nitrogen and oxygen atoms in total. The van der Waals surface area contributed by atoms with Crippen LogP contribution in [0.3, 0.4) is 0 Å². The van der Waals surface area contributed by atoms with E-state index in [0.717, 1.165) is 11.1 Å². The highest BCUT2D eigenvalue weighted by atomic mass is 14.0. The summed E-state index contributed by atoms with van der Waals surface area (Å²) in [4.78, 5) is 0. The average Bonchev–Trinajstić information content (AvgIpc) is 2.32. The Labute approximate surface area is 96.9 Å². The summed E-state index contributed by atoms with van der Waals surface area (Å²) >= 11 is 0. The summed E-state index contributed by atoms with van der Waals surface area (Å²) < 4.78 is 0. The summed E-state index contributed by atoms with van der Waals surface area (Å²) in [5.41, 5.74) is 4.52. The van der Waals surface area contributed by atoms with Gasteiger partial charge in [-0.15, -0.1) is 5.92 Å². The summed E-state index contributed by atoms with van der Waals surface area (Å²) in [6.07, 6.45) is 0. The Kier molecular flexibility index (Phi) is 3.08. The fraction of sp³-hybridized carbons (Fsp3) is 0.0625. The van der Waals surface area contributed by atoms with Crippen molar-refractivity contribution in [3.05, 3.63) is 66.6 Å². The quantitative estimate of drug-likeness (QED) is 0.619. The molecule has 0 aliphatic carbocycles. The van der Waals surface area contributed by atoms with E-state index in [1.54, 1.807) is 0 Å². The van der Waals surface area contributed by atoms with Gasteiger partial charge in [-0.05, 0) is 42.7 Å². The fourth-order valence-corrected chi connectivity index (χ4v) is 1.59. The molecule has 0 unspecified atom stereocenters. The van der Waals surface area contributed by atoms with Crippen molar-refractivity contribution < 1.29 is 0 Å². The van der Waals surface area contributed by atoms with Crippen LogP contribution in [0.15, 0.2) is 48.5 Å². The molecule has 0 bridgehead atoms. The van der Waals surface area contributed by atoms with Gasteiger partial charge in [0.1, 0.15) is 0 Å². The molecule has 0 aliphatic heterocycles. The second-order valence-electron chi connectivity index (χ2n) is 3.65. The van der Waals surface area contributed by atoms with E-state index in [0.29, 0.717) is 0 Å². The Morgan fingerprint density at radius 2 is 1.31 bits per heavy atom. The predicted molar refractivity (Wildman–Crippen MR) is 68.9 cm³/mol. The topological polar surface area (TPSA) is 0 Å². The van der Waals surface area contributed by atoms with Crippen LogP contribution < -0.4 is 0 Å². The van der Waals surface area contributed by atoms with Crippen LogP contribution in [0.25, 0.3) is 11.1 Å². The molecule has 16 heavy (non-hydrogen) atoms. The van der Waals surface area contributed by atoms with Gasteiger partial charge in [0, 0.05) is 5.56 Å². The highest BCUT2D eigenvalue weighted by Gasteiger charge is 1.96. The van der Waals surface area contributed by atoms with Crippen LogP contribution in [-0.2, 0) is 0 Å². The van der Waals surface area contributed by atoms with Gasteiger partial charge in [-0.25, -0.2) is 0 Å². The number of rotatable bonds is 1. The van der Waals surface area contributed by atoms with Crippen LogP contribution in [0.2, 0.25) is 0 Å². The fourth-order valence-electron chi connectivity index (χ4n) is 1.59. The van der Waals surface area contributed by atoms with Crippen molar-refractivity contribution in [2.75, 3.05) is 0 Å². The van der Waals surface area contributed by atoms with E-state index in [1.165, 1.54) is 11.1 Å². The van der Waals surface area contributed by atoms with Crippen LogP contribution in [0.1, 0.15) is 18.1 Å². The first-order valence-electron chi connectivity index (χ1n) is 5.25. The van der Waals surface area contributed by atoms with Gasteiger partial charge in [0.05, 0.1) is 0 Å². The molecule has 0 heterocycles. The highest BCUT2D eigenvalue weighted by molar-refractivity contribution is 5.64. The van der Waals surface area contributed by atoms with Crippen molar-refractivity contribution in [2.24, 2.45) is 0 Å². The SMILES string of the molecule is [CH2]c1ccc(-c2ccc(C#CC)cc2)cc1. The molecule has 1 radical (unpaired) electrons. The lowest BCUT2D eigenvalue weighted by Gasteiger charge is -2.02. The molecular weight excluding hydrogens is 192 g/mol. The molecule has 77 valence electrons. The third-order valence-electron chi connectivity index (χ3n) is 2.44. The first-order valence-corrected chi connectivity index (χ1v) is 5.25. The zero-order valence-corrected chi connectivity index (χ0v) is 9.33. The molecule has 2 aromatic carbocycles. The maximum atomic E-state index is 3.88. The van der Waals surface area contributed by atoms with Crippen LogP contribution in [0.5, 0.6) is 0 Å². The van der Waals surface area contributed by atoms with Gasteiger partial charge >= 0.3 is 0 Å².